The van der Waals surface area contributed by atoms with E-state index < -0.39 is 36.9 Å². The van der Waals surface area contributed by atoms with Crippen LogP contribution >= 0.6 is 45.1 Å². The third kappa shape index (κ3) is 6.26. The summed E-state index contributed by atoms with van der Waals surface area (Å²) in [6, 6.07) is 30.3. The average molecular weight is 674 g/mol. The number of methoxy groups -OCH3 is 1. The number of hydrogen-bond acceptors (Lipinski definition) is 6. The summed E-state index contributed by atoms with van der Waals surface area (Å²) in [5.74, 6) is -1.24. The van der Waals surface area contributed by atoms with Crippen LogP contribution in [0.4, 0.5) is 0 Å². The Hall–Kier alpha value is -3.50. The summed E-state index contributed by atoms with van der Waals surface area (Å²) in [6.45, 7) is 0. The molecule has 0 aromatic heterocycles. The molecule has 6 nitrogen and oxygen atoms in total. The average Bonchev–Trinajstić information content (AvgIpc) is 3.01. The molecule has 0 aliphatic heterocycles. The van der Waals surface area contributed by atoms with E-state index in [0.717, 1.165) is 12.1 Å². The van der Waals surface area contributed by atoms with Crippen molar-refractivity contribution in [3.8, 4) is 11.5 Å². The van der Waals surface area contributed by atoms with Crippen LogP contribution in [0.25, 0.3) is 0 Å². The summed E-state index contributed by atoms with van der Waals surface area (Å²) in [6.07, 6.45) is 0. The van der Waals surface area contributed by atoms with Crippen molar-refractivity contribution in [2.45, 2.75) is 19.6 Å². The highest BCUT2D eigenvalue weighted by atomic mass is 35.5. The highest BCUT2D eigenvalue weighted by molar-refractivity contribution is 8.33. The van der Waals surface area contributed by atoms with Gasteiger partial charge in [-0.1, -0.05) is 65.1 Å². The molecular formula is C32H23Cl3O6S2. The summed E-state index contributed by atoms with van der Waals surface area (Å²) < 4.78 is 40.6. The number of ether oxygens (including phenoxy) is 1. The van der Waals surface area contributed by atoms with Gasteiger partial charge in [0.25, 0.3) is 0 Å². The molecule has 0 aliphatic rings. The number of halogens is 3. The minimum absolute atomic E-state index is 0.210. The molecule has 0 atom stereocenters. The van der Waals surface area contributed by atoms with Crippen LogP contribution in [0.2, 0.25) is 15.1 Å². The molecule has 0 amide bonds. The fourth-order valence-corrected chi connectivity index (χ4v) is 10.1. The van der Waals surface area contributed by atoms with Crippen LogP contribution in [0, 0.1) is 0 Å². The van der Waals surface area contributed by atoms with Gasteiger partial charge in [0.1, 0.15) is 16.4 Å². The quantitative estimate of drug-likeness (QED) is 0.157. The van der Waals surface area contributed by atoms with Crippen LogP contribution in [-0.2, 0) is 13.7 Å². The lowest BCUT2D eigenvalue weighted by atomic mass is 10.0. The second-order valence-electron chi connectivity index (χ2n) is 9.16. The molecule has 5 aromatic rings. The van der Waals surface area contributed by atoms with Gasteiger partial charge >= 0.3 is 10.1 Å². The predicted octanol–water partition coefficient (Wildman–Crippen LogP) is 9.19. The second-order valence-corrected chi connectivity index (χ2v) is 14.9. The van der Waals surface area contributed by atoms with Crippen LogP contribution < -0.4 is 4.74 Å². The molecule has 220 valence electrons. The number of carbonyl (C=O) groups is 1. The summed E-state index contributed by atoms with van der Waals surface area (Å²) in [5, 5.41) is 12.0. The van der Waals surface area contributed by atoms with Gasteiger partial charge in [-0.05, 0) is 89.2 Å². The normalized spacial score (nSPS) is 12.1. The molecule has 0 saturated carbocycles. The topological polar surface area (TPSA) is 89.9 Å². The Morgan fingerprint density at radius 3 is 1.53 bits per heavy atom. The molecule has 1 N–H and O–H groups in total. The number of benzene rings is 5. The minimum atomic E-state index is -4.74. The molecule has 11 heteroatoms. The monoisotopic (exact) mass is 672 g/mol. The zero-order valence-corrected chi connectivity index (χ0v) is 26.3. The summed E-state index contributed by atoms with van der Waals surface area (Å²) in [5.41, 5.74) is 0.0231. The van der Waals surface area contributed by atoms with E-state index in [2.05, 4.69) is 0 Å². The molecule has 0 saturated heterocycles. The van der Waals surface area contributed by atoms with Gasteiger partial charge in [0.2, 0.25) is 0 Å². The first-order valence-electron chi connectivity index (χ1n) is 12.6. The number of rotatable bonds is 9. The van der Waals surface area contributed by atoms with Crippen molar-refractivity contribution in [2.75, 3.05) is 7.11 Å². The Morgan fingerprint density at radius 2 is 1.12 bits per heavy atom. The van der Waals surface area contributed by atoms with E-state index in [1.54, 1.807) is 103 Å². The molecule has 0 bridgehead atoms. The van der Waals surface area contributed by atoms with E-state index in [1.807, 2.05) is 0 Å². The standard InChI is InChI=1S/C32H23Cl3O6S2/c1-40-30-20-29(36)28(32(37)21-5-3-2-4-6-21)19-31(30)43(38,39)41-42(25-13-7-22(33)8-14-25,26-15-9-23(34)10-16-26)27-17-11-24(35)12-18-27/h2-20,36H,1H3. The summed E-state index contributed by atoms with van der Waals surface area (Å²) >= 11 is 18.7. The van der Waals surface area contributed by atoms with Crippen molar-refractivity contribution >= 4 is 61.0 Å². The number of phenols is 1. The minimum Gasteiger partial charge on any atom is -0.507 e. The molecule has 0 fully saturated rings. The van der Waals surface area contributed by atoms with Crippen LogP contribution in [0.5, 0.6) is 11.5 Å². The number of carbonyl (C=O) groups excluding carboxylic acids is 1. The third-order valence-corrected chi connectivity index (χ3v) is 12.4. The van der Waals surface area contributed by atoms with E-state index in [4.69, 9.17) is 43.2 Å². The third-order valence-electron chi connectivity index (χ3n) is 6.46. The van der Waals surface area contributed by atoms with E-state index in [1.165, 1.54) is 7.11 Å². The smallest absolute Gasteiger partial charge is 0.310 e. The maximum absolute atomic E-state index is 14.4. The lowest BCUT2D eigenvalue weighted by Gasteiger charge is -2.39. The van der Waals surface area contributed by atoms with E-state index in [-0.39, 0.29) is 16.9 Å². The number of aromatic hydroxyl groups is 1. The molecule has 5 aromatic carbocycles. The van der Waals surface area contributed by atoms with Gasteiger partial charge in [0.05, 0.1) is 12.7 Å². The van der Waals surface area contributed by atoms with Gasteiger partial charge in [-0.25, -0.2) is 3.63 Å². The molecule has 0 heterocycles. The number of phenolic OH excluding ortho intramolecular Hbond substituents is 1. The van der Waals surface area contributed by atoms with Crippen molar-refractivity contribution in [2.24, 2.45) is 0 Å². The zero-order valence-electron chi connectivity index (χ0n) is 22.4. The Balaban J connectivity index is 1.77. The van der Waals surface area contributed by atoms with E-state index in [0.29, 0.717) is 29.8 Å². The van der Waals surface area contributed by atoms with E-state index in [9.17, 15) is 18.3 Å². The van der Waals surface area contributed by atoms with Crippen LogP contribution in [0.3, 0.4) is 0 Å². The van der Waals surface area contributed by atoms with Gasteiger partial charge in [-0.15, -0.1) is 0 Å². The molecule has 0 unspecified atom stereocenters. The lowest BCUT2D eigenvalue weighted by Crippen LogP contribution is -2.16. The van der Waals surface area contributed by atoms with Crippen LogP contribution in [0.15, 0.2) is 135 Å². The SMILES string of the molecule is COc1cc(O)c(C(=O)c2ccccc2)cc1S(=O)(=O)OS(c1ccc(Cl)cc1)(c1ccc(Cl)cc1)c1ccc(Cl)cc1. The first-order valence-corrected chi connectivity index (χ1v) is 16.7. The molecule has 0 aliphatic carbocycles. The van der Waals surface area contributed by atoms with Gasteiger partial charge in [0.15, 0.2) is 5.78 Å². The molecule has 0 spiro atoms. The van der Waals surface area contributed by atoms with Crippen molar-refractivity contribution in [3.05, 3.63) is 141 Å². The maximum atomic E-state index is 14.4. The lowest BCUT2D eigenvalue weighted by molar-refractivity contribution is 0.103. The van der Waals surface area contributed by atoms with Gasteiger partial charge < -0.3 is 9.84 Å². The largest absolute Gasteiger partial charge is 0.507 e. The summed E-state index contributed by atoms with van der Waals surface area (Å²) in [4.78, 5) is 14.4. The zero-order chi connectivity index (χ0) is 30.8. The van der Waals surface area contributed by atoms with Crippen LogP contribution in [0.1, 0.15) is 15.9 Å². The highest BCUT2D eigenvalue weighted by Crippen LogP contribution is 2.70. The maximum Gasteiger partial charge on any atom is 0.310 e. The van der Waals surface area contributed by atoms with Crippen molar-refractivity contribution in [1.82, 2.24) is 0 Å². The fourth-order valence-electron chi connectivity index (χ4n) is 4.41. The van der Waals surface area contributed by atoms with Crippen LogP contribution in [-0.4, -0.2) is 26.4 Å². The van der Waals surface area contributed by atoms with Crippen molar-refractivity contribution in [3.63, 3.8) is 0 Å². The Bertz CT molecular complexity index is 1770. The Kier molecular flexibility index (Phi) is 9.08. The van der Waals surface area contributed by atoms with E-state index >= 15 is 0 Å². The summed E-state index contributed by atoms with van der Waals surface area (Å²) in [7, 11) is -6.56. The molecular weight excluding hydrogens is 651 g/mol. The Morgan fingerprint density at radius 1 is 0.674 bits per heavy atom. The number of ketones is 1. The Labute approximate surface area is 266 Å². The second kappa shape index (κ2) is 12.6. The number of hydrogen-bond donors (Lipinski definition) is 1. The first-order chi connectivity index (χ1) is 20.5. The fraction of sp³-hybridized carbons (Fsp3) is 0.0312. The van der Waals surface area contributed by atoms with Gasteiger partial charge in [-0.3, -0.25) is 4.79 Å². The molecule has 0 radical (unpaired) electrons. The molecule has 43 heavy (non-hydrogen) atoms. The van der Waals surface area contributed by atoms with Gasteiger partial charge in [-0.2, -0.15) is 8.42 Å². The molecule has 5 rings (SSSR count). The van der Waals surface area contributed by atoms with Gasteiger partial charge in [0, 0.05) is 41.4 Å². The first kappa shape index (κ1) is 30.9. The predicted molar refractivity (Wildman–Crippen MR) is 170 cm³/mol. The highest BCUT2D eigenvalue weighted by Gasteiger charge is 2.40. The van der Waals surface area contributed by atoms with Crippen molar-refractivity contribution < 1.29 is 26.7 Å². The van der Waals surface area contributed by atoms with Crippen molar-refractivity contribution in [1.29, 1.82) is 0 Å².